The SMILES string of the molecule is CC(=O)c1c(C)[nH]c(C(=O)C(C)Sc2cccc[n+]2[O-])c1C. The first-order chi connectivity index (χ1) is 10.3. The zero-order valence-corrected chi connectivity index (χ0v) is 13.8. The number of nitrogens with one attached hydrogen (secondary N) is 1. The summed E-state index contributed by atoms with van der Waals surface area (Å²) in [7, 11) is 0. The average molecular weight is 318 g/mol. The lowest BCUT2D eigenvalue weighted by Gasteiger charge is -2.09. The van der Waals surface area contributed by atoms with Crippen LogP contribution in [0.25, 0.3) is 0 Å². The Hall–Kier alpha value is -2.08. The molecule has 22 heavy (non-hydrogen) atoms. The molecule has 5 nitrogen and oxygen atoms in total. The Morgan fingerprint density at radius 2 is 2.00 bits per heavy atom. The Labute approximate surface area is 133 Å². The minimum Gasteiger partial charge on any atom is -0.618 e. The fourth-order valence-electron chi connectivity index (χ4n) is 2.47. The molecule has 0 aliphatic carbocycles. The van der Waals surface area contributed by atoms with E-state index in [0.717, 1.165) is 4.73 Å². The molecule has 116 valence electrons. The molecule has 0 aliphatic heterocycles. The molecule has 1 unspecified atom stereocenters. The van der Waals surface area contributed by atoms with Crippen molar-refractivity contribution in [1.82, 2.24) is 4.98 Å². The van der Waals surface area contributed by atoms with Crippen LogP contribution in [0.2, 0.25) is 0 Å². The highest BCUT2D eigenvalue weighted by Crippen LogP contribution is 2.26. The maximum Gasteiger partial charge on any atom is 0.252 e. The normalized spacial score (nSPS) is 12.2. The minimum absolute atomic E-state index is 0.0638. The molecule has 2 aromatic rings. The maximum absolute atomic E-state index is 12.6. The Morgan fingerprint density at radius 3 is 2.55 bits per heavy atom. The quantitative estimate of drug-likeness (QED) is 0.398. The lowest BCUT2D eigenvalue weighted by molar-refractivity contribution is -0.645. The summed E-state index contributed by atoms with van der Waals surface area (Å²) in [6, 6.07) is 5.07. The summed E-state index contributed by atoms with van der Waals surface area (Å²) in [5.41, 5.74) is 2.38. The number of carbonyl (C=O) groups is 2. The highest BCUT2D eigenvalue weighted by molar-refractivity contribution is 8.00. The summed E-state index contributed by atoms with van der Waals surface area (Å²) in [6.45, 7) is 6.78. The van der Waals surface area contributed by atoms with Gasteiger partial charge in [-0.05, 0) is 51.1 Å². The van der Waals surface area contributed by atoms with E-state index in [4.69, 9.17) is 0 Å². The lowest BCUT2D eigenvalue weighted by atomic mass is 10.0. The van der Waals surface area contributed by atoms with Crippen LogP contribution >= 0.6 is 11.8 Å². The van der Waals surface area contributed by atoms with E-state index in [0.29, 0.717) is 27.5 Å². The number of ketones is 2. The van der Waals surface area contributed by atoms with Crippen molar-refractivity contribution in [2.24, 2.45) is 0 Å². The van der Waals surface area contributed by atoms with Gasteiger partial charge >= 0.3 is 0 Å². The summed E-state index contributed by atoms with van der Waals surface area (Å²) in [5, 5.41) is 11.7. The molecule has 2 rings (SSSR count). The van der Waals surface area contributed by atoms with Crippen LogP contribution in [0.1, 0.15) is 46.0 Å². The standard InChI is InChI=1S/C16H18N2O3S/c1-9-14(11(3)19)10(2)17-15(9)16(20)12(4)22-13-7-5-6-8-18(13)21/h5-8,12,17H,1-4H3. The van der Waals surface area contributed by atoms with Crippen molar-refractivity contribution in [3.05, 3.63) is 52.1 Å². The van der Waals surface area contributed by atoms with Crippen molar-refractivity contribution >= 4 is 23.3 Å². The zero-order chi connectivity index (χ0) is 16.4. The molecule has 1 atom stereocenters. The number of aromatic nitrogens is 2. The van der Waals surface area contributed by atoms with Crippen LogP contribution in [-0.4, -0.2) is 21.8 Å². The van der Waals surface area contributed by atoms with Gasteiger partial charge in [-0.1, -0.05) is 0 Å². The van der Waals surface area contributed by atoms with Crippen molar-refractivity contribution in [2.45, 2.75) is 38.0 Å². The predicted molar refractivity (Wildman–Crippen MR) is 85.3 cm³/mol. The van der Waals surface area contributed by atoms with Crippen LogP contribution in [0.3, 0.4) is 0 Å². The third-order valence-electron chi connectivity index (χ3n) is 3.49. The van der Waals surface area contributed by atoms with Gasteiger partial charge in [0.25, 0.3) is 5.03 Å². The van der Waals surface area contributed by atoms with Gasteiger partial charge in [-0.3, -0.25) is 9.59 Å². The molecular weight excluding hydrogens is 300 g/mol. The van der Waals surface area contributed by atoms with E-state index < -0.39 is 5.25 Å². The zero-order valence-electron chi connectivity index (χ0n) is 13.0. The Morgan fingerprint density at radius 1 is 1.32 bits per heavy atom. The van der Waals surface area contributed by atoms with Gasteiger partial charge in [0.1, 0.15) is 0 Å². The van der Waals surface area contributed by atoms with E-state index in [1.165, 1.54) is 24.9 Å². The highest BCUT2D eigenvalue weighted by atomic mass is 32.2. The van der Waals surface area contributed by atoms with E-state index in [1.807, 2.05) is 0 Å². The van der Waals surface area contributed by atoms with E-state index in [-0.39, 0.29) is 11.6 Å². The summed E-state index contributed by atoms with van der Waals surface area (Å²) in [5.74, 6) is -0.187. The van der Waals surface area contributed by atoms with E-state index in [9.17, 15) is 14.8 Å². The molecule has 6 heteroatoms. The summed E-state index contributed by atoms with van der Waals surface area (Å²) in [4.78, 5) is 27.2. The van der Waals surface area contributed by atoms with Crippen LogP contribution in [0.4, 0.5) is 0 Å². The van der Waals surface area contributed by atoms with E-state index in [2.05, 4.69) is 4.98 Å². The van der Waals surface area contributed by atoms with Crippen molar-refractivity contribution in [3.8, 4) is 0 Å². The molecule has 0 fully saturated rings. The summed E-state index contributed by atoms with van der Waals surface area (Å²) >= 11 is 1.20. The number of hydrogen-bond acceptors (Lipinski definition) is 4. The van der Waals surface area contributed by atoms with Crippen LogP contribution in [0.5, 0.6) is 0 Å². The van der Waals surface area contributed by atoms with Crippen molar-refractivity contribution in [1.29, 1.82) is 0 Å². The molecule has 2 heterocycles. The number of pyridine rings is 1. The number of aromatic amines is 1. The number of rotatable bonds is 5. The number of H-pyrrole nitrogens is 1. The molecule has 0 radical (unpaired) electrons. The van der Waals surface area contributed by atoms with E-state index in [1.54, 1.807) is 39.0 Å². The summed E-state index contributed by atoms with van der Waals surface area (Å²) < 4.78 is 0.738. The number of carbonyl (C=O) groups excluding carboxylic acids is 2. The number of hydrogen-bond donors (Lipinski definition) is 1. The van der Waals surface area contributed by atoms with Gasteiger partial charge in [0.15, 0.2) is 17.8 Å². The van der Waals surface area contributed by atoms with Crippen molar-refractivity contribution in [3.63, 3.8) is 0 Å². The van der Waals surface area contributed by atoms with Crippen LogP contribution < -0.4 is 4.73 Å². The number of nitrogens with zero attached hydrogens (tertiary/aromatic N) is 1. The minimum atomic E-state index is -0.431. The Bertz CT molecular complexity index is 737. The number of thioether (sulfide) groups is 1. The largest absolute Gasteiger partial charge is 0.618 e. The van der Waals surface area contributed by atoms with Gasteiger partial charge in [0.2, 0.25) is 0 Å². The summed E-state index contributed by atoms with van der Waals surface area (Å²) in [6.07, 6.45) is 1.40. The predicted octanol–water partition coefficient (Wildman–Crippen LogP) is 2.83. The average Bonchev–Trinajstić information content (AvgIpc) is 2.75. The second-order valence-electron chi connectivity index (χ2n) is 5.17. The molecule has 0 saturated carbocycles. The smallest absolute Gasteiger partial charge is 0.252 e. The van der Waals surface area contributed by atoms with Crippen LogP contribution in [-0.2, 0) is 0 Å². The monoisotopic (exact) mass is 318 g/mol. The molecule has 0 spiro atoms. The number of aryl methyl sites for hydroxylation is 1. The van der Waals surface area contributed by atoms with Gasteiger partial charge in [-0.2, -0.15) is 4.73 Å². The lowest BCUT2D eigenvalue weighted by Crippen LogP contribution is -2.29. The number of Topliss-reactive ketones (excluding diaryl/α,β-unsaturated/α-hetero) is 2. The van der Waals surface area contributed by atoms with Crippen molar-refractivity contribution < 1.29 is 14.3 Å². The van der Waals surface area contributed by atoms with Gasteiger partial charge in [0.05, 0.1) is 10.9 Å². The second kappa shape index (κ2) is 6.36. The van der Waals surface area contributed by atoms with Gasteiger partial charge in [0, 0.05) is 23.4 Å². The van der Waals surface area contributed by atoms with Gasteiger partial charge in [-0.15, -0.1) is 0 Å². The molecule has 0 aromatic carbocycles. The third-order valence-corrected chi connectivity index (χ3v) is 4.62. The third kappa shape index (κ3) is 3.06. The van der Waals surface area contributed by atoms with Crippen LogP contribution in [0.15, 0.2) is 29.4 Å². The molecule has 0 amide bonds. The van der Waals surface area contributed by atoms with Crippen LogP contribution in [0, 0.1) is 19.1 Å². The molecule has 1 N–H and O–H groups in total. The van der Waals surface area contributed by atoms with Gasteiger partial charge < -0.3 is 10.2 Å². The first-order valence-electron chi connectivity index (χ1n) is 6.92. The molecular formula is C16H18N2O3S. The molecule has 0 aliphatic rings. The molecule has 0 bridgehead atoms. The van der Waals surface area contributed by atoms with Gasteiger partial charge in [-0.25, -0.2) is 0 Å². The maximum atomic E-state index is 12.6. The highest BCUT2D eigenvalue weighted by Gasteiger charge is 2.25. The van der Waals surface area contributed by atoms with Crippen molar-refractivity contribution in [2.75, 3.05) is 0 Å². The first-order valence-corrected chi connectivity index (χ1v) is 7.80. The fourth-order valence-corrected chi connectivity index (χ4v) is 3.38. The Kier molecular flexibility index (Phi) is 4.71. The molecule has 0 saturated heterocycles. The molecule has 2 aromatic heterocycles. The fraction of sp³-hybridized carbons (Fsp3) is 0.312. The first kappa shape index (κ1) is 16.3. The van der Waals surface area contributed by atoms with E-state index >= 15 is 0 Å². The second-order valence-corrected chi connectivity index (χ2v) is 6.53. The topological polar surface area (TPSA) is 76.9 Å². The Balaban J connectivity index is 2.27.